The van der Waals surface area contributed by atoms with Gasteiger partial charge in [-0.25, -0.2) is 0 Å². The summed E-state index contributed by atoms with van der Waals surface area (Å²) in [5.41, 5.74) is 11.8. The summed E-state index contributed by atoms with van der Waals surface area (Å²) < 4.78 is 2.40. The van der Waals surface area contributed by atoms with Gasteiger partial charge in [0.25, 0.3) is 0 Å². The van der Waals surface area contributed by atoms with E-state index in [0.717, 1.165) is 22.7 Å². The first-order valence-electron chi connectivity index (χ1n) is 19.2. The number of hydrogen-bond donors (Lipinski definition) is 0. The first kappa shape index (κ1) is 32.0. The largest absolute Gasteiger partial charge is 0.310 e. The highest BCUT2D eigenvalue weighted by molar-refractivity contribution is 6.13. The maximum atomic E-state index is 2.40. The third-order valence-corrected chi connectivity index (χ3v) is 11.3. The van der Waals surface area contributed by atoms with Gasteiger partial charge >= 0.3 is 0 Å². The standard InChI is InChI=1S/C54H36N2/c1-2-14-47(15-3-1)55(48-27-22-38(23-28-48)44-20-18-37-10-4-5-11-41(37)32-44)50-31-26-40-19-21-45(33-46(40)34-50)39-24-29-49(30-25-39)56-53-17-9-8-16-51(53)52-35-42-12-6-7-13-43(42)36-54(52)56/h1-36H. The summed E-state index contributed by atoms with van der Waals surface area (Å²) in [5, 5.41) is 9.99. The fourth-order valence-corrected chi connectivity index (χ4v) is 8.49. The first-order valence-corrected chi connectivity index (χ1v) is 19.2. The third kappa shape index (κ3) is 5.51. The molecule has 0 amide bonds. The zero-order chi connectivity index (χ0) is 37.0. The van der Waals surface area contributed by atoms with Crippen LogP contribution in [0.3, 0.4) is 0 Å². The summed E-state index contributed by atoms with van der Waals surface area (Å²) in [4.78, 5) is 2.35. The van der Waals surface area contributed by atoms with E-state index < -0.39 is 0 Å². The Morgan fingerprint density at radius 3 is 1.50 bits per heavy atom. The van der Waals surface area contributed by atoms with Crippen molar-refractivity contribution < 1.29 is 0 Å². The molecule has 10 aromatic carbocycles. The molecule has 0 unspecified atom stereocenters. The lowest BCUT2D eigenvalue weighted by molar-refractivity contribution is 1.18. The average Bonchev–Trinajstić information content (AvgIpc) is 3.59. The fourth-order valence-electron chi connectivity index (χ4n) is 8.49. The molecule has 0 fully saturated rings. The van der Waals surface area contributed by atoms with Crippen LogP contribution < -0.4 is 4.90 Å². The molecule has 0 N–H and O–H groups in total. The number of para-hydroxylation sites is 2. The van der Waals surface area contributed by atoms with Gasteiger partial charge in [0, 0.05) is 33.5 Å². The van der Waals surface area contributed by atoms with E-state index in [9.17, 15) is 0 Å². The van der Waals surface area contributed by atoms with Crippen molar-refractivity contribution in [3.8, 4) is 27.9 Å². The maximum absolute atomic E-state index is 2.40. The molecule has 0 atom stereocenters. The topological polar surface area (TPSA) is 8.17 Å². The van der Waals surface area contributed by atoms with E-state index in [0.29, 0.717) is 0 Å². The molecule has 1 heterocycles. The van der Waals surface area contributed by atoms with Crippen molar-refractivity contribution in [3.05, 3.63) is 218 Å². The predicted molar refractivity (Wildman–Crippen MR) is 239 cm³/mol. The van der Waals surface area contributed by atoms with Gasteiger partial charge in [0.05, 0.1) is 11.0 Å². The van der Waals surface area contributed by atoms with Crippen LogP contribution in [-0.2, 0) is 0 Å². The molecule has 0 saturated carbocycles. The molecule has 0 aliphatic carbocycles. The van der Waals surface area contributed by atoms with E-state index in [2.05, 4.69) is 228 Å². The molecular weight excluding hydrogens is 677 g/mol. The minimum atomic E-state index is 1.12. The SMILES string of the molecule is c1ccc(N(c2ccc(-c3ccc4ccccc4c3)cc2)c2ccc3ccc(-c4ccc(-n5c6ccccc6c6cc7ccccc7cc65)cc4)cc3c2)cc1. The number of aromatic nitrogens is 1. The Labute approximate surface area is 325 Å². The molecule has 0 aliphatic rings. The minimum Gasteiger partial charge on any atom is -0.310 e. The lowest BCUT2D eigenvalue weighted by Crippen LogP contribution is -2.09. The van der Waals surface area contributed by atoms with Crippen LogP contribution >= 0.6 is 0 Å². The van der Waals surface area contributed by atoms with Crippen LogP contribution in [0, 0.1) is 0 Å². The zero-order valence-corrected chi connectivity index (χ0v) is 30.7. The molecule has 0 spiro atoms. The van der Waals surface area contributed by atoms with Gasteiger partial charge in [0.2, 0.25) is 0 Å². The summed E-state index contributed by atoms with van der Waals surface area (Å²) >= 11 is 0. The summed E-state index contributed by atoms with van der Waals surface area (Å²) in [6.45, 7) is 0. The van der Waals surface area contributed by atoms with Gasteiger partial charge in [0.1, 0.15) is 0 Å². The molecule has 2 nitrogen and oxygen atoms in total. The molecule has 2 heteroatoms. The van der Waals surface area contributed by atoms with Gasteiger partial charge in [-0.1, -0.05) is 140 Å². The van der Waals surface area contributed by atoms with E-state index >= 15 is 0 Å². The van der Waals surface area contributed by atoms with Gasteiger partial charge in [0.15, 0.2) is 0 Å². The average molecular weight is 713 g/mol. The van der Waals surface area contributed by atoms with Gasteiger partial charge in [-0.2, -0.15) is 0 Å². The molecule has 0 bridgehead atoms. The number of hydrogen-bond acceptors (Lipinski definition) is 1. The Morgan fingerprint density at radius 1 is 0.268 bits per heavy atom. The molecule has 11 aromatic rings. The van der Waals surface area contributed by atoms with Crippen LogP contribution in [0.1, 0.15) is 0 Å². The Bertz CT molecular complexity index is 3230. The number of fused-ring (bicyclic) bond motifs is 6. The Hall–Kier alpha value is -7.42. The van der Waals surface area contributed by atoms with Crippen molar-refractivity contribution in [2.24, 2.45) is 0 Å². The highest BCUT2D eigenvalue weighted by Gasteiger charge is 2.16. The quantitative estimate of drug-likeness (QED) is 0.167. The second-order valence-corrected chi connectivity index (χ2v) is 14.6. The molecule has 11 rings (SSSR count). The number of benzene rings is 10. The second-order valence-electron chi connectivity index (χ2n) is 14.6. The maximum Gasteiger partial charge on any atom is 0.0547 e. The zero-order valence-electron chi connectivity index (χ0n) is 30.7. The molecule has 0 radical (unpaired) electrons. The van der Waals surface area contributed by atoms with Crippen LogP contribution in [0.15, 0.2) is 218 Å². The highest BCUT2D eigenvalue weighted by Crippen LogP contribution is 2.39. The molecular formula is C54H36N2. The summed E-state index contributed by atoms with van der Waals surface area (Å²) in [6, 6.07) is 79.5. The molecule has 1 aromatic heterocycles. The summed E-state index contributed by atoms with van der Waals surface area (Å²) in [7, 11) is 0. The van der Waals surface area contributed by atoms with E-state index in [1.165, 1.54) is 76.4 Å². The predicted octanol–water partition coefficient (Wildman–Crippen LogP) is 15.0. The van der Waals surface area contributed by atoms with Gasteiger partial charge in [-0.05, 0) is 133 Å². The smallest absolute Gasteiger partial charge is 0.0547 e. The molecule has 0 saturated heterocycles. The van der Waals surface area contributed by atoms with Gasteiger partial charge in [-0.15, -0.1) is 0 Å². The monoisotopic (exact) mass is 712 g/mol. The van der Waals surface area contributed by atoms with Crippen LogP contribution in [0.4, 0.5) is 17.1 Å². The lowest BCUT2D eigenvalue weighted by atomic mass is 9.99. The van der Waals surface area contributed by atoms with E-state index in [1.54, 1.807) is 0 Å². The molecule has 56 heavy (non-hydrogen) atoms. The first-order chi connectivity index (χ1) is 27.7. The van der Waals surface area contributed by atoms with E-state index in [-0.39, 0.29) is 0 Å². The summed E-state index contributed by atoms with van der Waals surface area (Å²) in [5.74, 6) is 0. The number of nitrogens with zero attached hydrogens (tertiary/aromatic N) is 2. The van der Waals surface area contributed by atoms with E-state index in [4.69, 9.17) is 0 Å². The normalized spacial score (nSPS) is 11.6. The Balaban J connectivity index is 0.953. The third-order valence-electron chi connectivity index (χ3n) is 11.3. The van der Waals surface area contributed by atoms with Crippen molar-refractivity contribution in [1.82, 2.24) is 4.57 Å². The second kappa shape index (κ2) is 13.2. The number of rotatable bonds is 6. The Kier molecular flexibility index (Phi) is 7.53. The fraction of sp³-hybridized carbons (Fsp3) is 0. The van der Waals surface area contributed by atoms with Gasteiger partial charge in [-0.3, -0.25) is 0 Å². The van der Waals surface area contributed by atoms with Crippen molar-refractivity contribution >= 4 is 71.2 Å². The lowest BCUT2D eigenvalue weighted by Gasteiger charge is -2.26. The van der Waals surface area contributed by atoms with Crippen molar-refractivity contribution in [3.63, 3.8) is 0 Å². The minimum absolute atomic E-state index is 1.12. The van der Waals surface area contributed by atoms with Crippen LogP contribution in [0.25, 0.3) is 82.1 Å². The van der Waals surface area contributed by atoms with E-state index in [1.807, 2.05) is 0 Å². The van der Waals surface area contributed by atoms with Crippen molar-refractivity contribution in [1.29, 1.82) is 0 Å². The molecule has 262 valence electrons. The van der Waals surface area contributed by atoms with Crippen molar-refractivity contribution in [2.45, 2.75) is 0 Å². The number of anilines is 3. The molecule has 0 aliphatic heterocycles. The highest BCUT2D eigenvalue weighted by atomic mass is 15.1. The van der Waals surface area contributed by atoms with Crippen molar-refractivity contribution in [2.75, 3.05) is 4.90 Å². The van der Waals surface area contributed by atoms with Gasteiger partial charge < -0.3 is 9.47 Å². The Morgan fingerprint density at radius 2 is 0.768 bits per heavy atom. The summed E-state index contributed by atoms with van der Waals surface area (Å²) in [6.07, 6.45) is 0. The van der Waals surface area contributed by atoms with Crippen LogP contribution in [-0.4, -0.2) is 4.57 Å². The van der Waals surface area contributed by atoms with Crippen LogP contribution in [0.5, 0.6) is 0 Å². The van der Waals surface area contributed by atoms with Crippen LogP contribution in [0.2, 0.25) is 0 Å².